The molecule has 9 nitrogen and oxygen atoms in total. The maximum absolute atomic E-state index is 13.5. The minimum Gasteiger partial charge on any atom is -0.375 e. The predicted octanol–water partition coefficient (Wildman–Crippen LogP) is 1.75. The van der Waals surface area contributed by atoms with Crippen molar-refractivity contribution in [2.45, 2.75) is 29.7 Å². The van der Waals surface area contributed by atoms with E-state index >= 15 is 0 Å². The van der Waals surface area contributed by atoms with E-state index in [0.717, 1.165) is 6.07 Å². The molecule has 0 bridgehead atoms. The summed E-state index contributed by atoms with van der Waals surface area (Å²) in [6.07, 6.45) is 1.34. The number of H-pyrrole nitrogens is 1. The van der Waals surface area contributed by atoms with E-state index in [-0.39, 0.29) is 27.2 Å². The van der Waals surface area contributed by atoms with E-state index in [1.54, 1.807) is 0 Å². The normalized spacial score (nSPS) is 17.7. The number of aromatic nitrogens is 3. The van der Waals surface area contributed by atoms with Crippen molar-refractivity contribution >= 4 is 32.5 Å². The number of hydrogen-bond donors (Lipinski definition) is 3. The lowest BCUT2D eigenvalue weighted by Crippen LogP contribution is -2.41. The summed E-state index contributed by atoms with van der Waals surface area (Å²) in [5, 5.41) is 0. The van der Waals surface area contributed by atoms with Crippen molar-refractivity contribution in [2.75, 3.05) is 30.0 Å². The molecule has 2 aromatic heterocycles. The number of nitrogens with zero attached hydrogens (tertiary/aromatic N) is 3. The number of aromatic amines is 1. The second-order valence-corrected chi connectivity index (χ2v) is 8.79. The largest absolute Gasteiger partial charge is 0.375 e. The molecule has 0 amide bonds. The Kier molecular flexibility index (Phi) is 4.89. The zero-order chi connectivity index (χ0) is 20.8. The highest BCUT2D eigenvalue weighted by molar-refractivity contribution is 7.92. The zero-order valence-corrected chi connectivity index (χ0v) is 16.8. The molecular formula is C18H21FN6O3S. The molecule has 11 heteroatoms. The predicted molar refractivity (Wildman–Crippen MR) is 106 cm³/mol. The first-order valence-corrected chi connectivity index (χ1v) is 10.5. The number of sulfone groups is 1. The first-order valence-electron chi connectivity index (χ1n) is 9.04. The Bertz CT molecular complexity index is 1180. The molecule has 0 radical (unpaired) electrons. The number of halogens is 1. The lowest BCUT2D eigenvalue weighted by atomic mass is 10.2. The van der Waals surface area contributed by atoms with Crippen molar-refractivity contribution < 1.29 is 17.5 Å². The molecule has 1 saturated heterocycles. The van der Waals surface area contributed by atoms with Crippen LogP contribution in [0.5, 0.6) is 0 Å². The van der Waals surface area contributed by atoms with E-state index in [4.69, 9.17) is 10.6 Å². The van der Waals surface area contributed by atoms with Gasteiger partial charge in [0.05, 0.1) is 17.6 Å². The van der Waals surface area contributed by atoms with Crippen LogP contribution >= 0.6 is 0 Å². The monoisotopic (exact) mass is 420 g/mol. The molecule has 0 aliphatic carbocycles. The number of benzene rings is 1. The second kappa shape index (κ2) is 7.25. The molecular weight excluding hydrogens is 399 g/mol. The number of ether oxygens (including phenoxy) is 1. The van der Waals surface area contributed by atoms with Gasteiger partial charge in [0.25, 0.3) is 0 Å². The topological polar surface area (TPSA) is 126 Å². The number of nitrogens with two attached hydrogens (primary N) is 1. The van der Waals surface area contributed by atoms with Crippen molar-refractivity contribution in [3.8, 4) is 0 Å². The molecule has 1 aliphatic rings. The Morgan fingerprint density at radius 1 is 1.38 bits per heavy atom. The summed E-state index contributed by atoms with van der Waals surface area (Å²) in [6, 6.07) is 3.53. The molecule has 1 aromatic carbocycles. The van der Waals surface area contributed by atoms with Crippen molar-refractivity contribution in [2.24, 2.45) is 5.84 Å². The van der Waals surface area contributed by atoms with E-state index in [9.17, 15) is 12.8 Å². The number of morpholine rings is 1. The third-order valence-corrected chi connectivity index (χ3v) is 6.87. The fourth-order valence-corrected chi connectivity index (χ4v) is 5.34. The van der Waals surface area contributed by atoms with E-state index in [2.05, 4.69) is 20.4 Å². The first kappa shape index (κ1) is 19.6. The van der Waals surface area contributed by atoms with Gasteiger partial charge in [0.2, 0.25) is 9.84 Å². The number of anilines is 2. The molecule has 1 fully saturated rings. The molecule has 3 aromatic rings. The molecule has 1 aliphatic heterocycles. The number of nitrogens with one attached hydrogen (secondary N) is 2. The van der Waals surface area contributed by atoms with Gasteiger partial charge in [-0.25, -0.2) is 28.6 Å². The van der Waals surface area contributed by atoms with E-state index < -0.39 is 15.7 Å². The molecule has 3 heterocycles. The van der Waals surface area contributed by atoms with Crippen molar-refractivity contribution in [1.29, 1.82) is 0 Å². The van der Waals surface area contributed by atoms with Crippen LogP contribution in [0, 0.1) is 12.7 Å². The molecule has 0 spiro atoms. The quantitative estimate of drug-likeness (QED) is 0.331. The summed E-state index contributed by atoms with van der Waals surface area (Å²) >= 11 is 0. The van der Waals surface area contributed by atoms with Gasteiger partial charge in [-0.05, 0) is 37.6 Å². The smallest absolute Gasteiger partial charge is 0.212 e. The van der Waals surface area contributed by atoms with Gasteiger partial charge >= 0.3 is 0 Å². The van der Waals surface area contributed by atoms with Gasteiger partial charge in [-0.2, -0.15) is 0 Å². The molecule has 1 unspecified atom stereocenters. The van der Waals surface area contributed by atoms with Crippen LogP contribution in [-0.2, 0) is 14.6 Å². The van der Waals surface area contributed by atoms with Gasteiger partial charge < -0.3 is 20.0 Å². The number of aryl methyl sites for hydroxylation is 1. The van der Waals surface area contributed by atoms with E-state index in [1.165, 1.54) is 25.4 Å². The summed E-state index contributed by atoms with van der Waals surface area (Å²) in [5.74, 6) is 5.76. The summed E-state index contributed by atoms with van der Waals surface area (Å²) in [6.45, 7) is 5.25. The summed E-state index contributed by atoms with van der Waals surface area (Å²) < 4.78 is 45.9. The van der Waals surface area contributed by atoms with Crippen LogP contribution in [0.25, 0.3) is 11.0 Å². The average Bonchev–Trinajstić information content (AvgIpc) is 3.07. The van der Waals surface area contributed by atoms with Crippen LogP contribution in [0.2, 0.25) is 0 Å². The fourth-order valence-electron chi connectivity index (χ4n) is 3.60. The fraction of sp³-hybridized carbons (Fsp3) is 0.333. The van der Waals surface area contributed by atoms with Crippen LogP contribution in [0.1, 0.15) is 12.5 Å². The Labute approximate surface area is 167 Å². The van der Waals surface area contributed by atoms with Crippen molar-refractivity contribution in [3.63, 3.8) is 0 Å². The number of hydrazine groups is 1. The van der Waals surface area contributed by atoms with Gasteiger partial charge in [0.1, 0.15) is 33.9 Å². The maximum Gasteiger partial charge on any atom is 0.212 e. The highest BCUT2D eigenvalue weighted by atomic mass is 32.2. The SMILES string of the molecule is Cc1cc(F)ccc1S(=O)(=O)c1c(NN)[nH]c2c(N3CCOC(C)C3)ncnc12. The maximum atomic E-state index is 13.5. The van der Waals surface area contributed by atoms with Gasteiger partial charge in [-0.1, -0.05) is 0 Å². The third kappa shape index (κ3) is 3.30. The number of nitrogen functional groups attached to an aromatic ring is 1. The van der Waals surface area contributed by atoms with Gasteiger partial charge in [0, 0.05) is 13.1 Å². The van der Waals surface area contributed by atoms with Gasteiger partial charge in [-0.15, -0.1) is 0 Å². The van der Waals surface area contributed by atoms with Crippen LogP contribution in [-0.4, -0.2) is 49.2 Å². The summed E-state index contributed by atoms with van der Waals surface area (Å²) in [7, 11) is -4.04. The third-order valence-electron chi connectivity index (χ3n) is 4.90. The average molecular weight is 420 g/mol. The standard InChI is InChI=1S/C18H21FN6O3S/c1-10-7-12(19)3-4-13(10)29(26,27)16-14-15(23-17(16)24-20)18(22-9-21-14)25-5-6-28-11(2)8-25/h3-4,7,9,11,23-24H,5-6,8,20H2,1-2H3. The lowest BCUT2D eigenvalue weighted by Gasteiger charge is -2.32. The van der Waals surface area contributed by atoms with Crippen molar-refractivity contribution in [3.05, 3.63) is 35.9 Å². The molecule has 1 atom stereocenters. The highest BCUT2D eigenvalue weighted by Gasteiger charge is 2.31. The minimum absolute atomic E-state index is 0.0147. The lowest BCUT2D eigenvalue weighted by molar-refractivity contribution is 0.0530. The molecule has 4 N–H and O–H groups in total. The Morgan fingerprint density at radius 3 is 2.86 bits per heavy atom. The van der Waals surface area contributed by atoms with Crippen LogP contribution in [0.4, 0.5) is 16.0 Å². The highest BCUT2D eigenvalue weighted by Crippen LogP contribution is 2.37. The van der Waals surface area contributed by atoms with E-state index in [1.807, 2.05) is 11.8 Å². The number of fused-ring (bicyclic) bond motifs is 1. The molecule has 154 valence electrons. The van der Waals surface area contributed by atoms with Crippen LogP contribution in [0.3, 0.4) is 0 Å². The molecule has 29 heavy (non-hydrogen) atoms. The summed E-state index contributed by atoms with van der Waals surface area (Å²) in [5.41, 5.74) is 3.37. The first-order chi connectivity index (χ1) is 13.8. The Balaban J connectivity index is 1.92. The van der Waals surface area contributed by atoms with Crippen LogP contribution in [0.15, 0.2) is 34.3 Å². The Hall–Kier alpha value is -2.76. The van der Waals surface area contributed by atoms with Crippen molar-refractivity contribution in [1.82, 2.24) is 15.0 Å². The summed E-state index contributed by atoms with van der Waals surface area (Å²) in [4.78, 5) is 13.5. The molecule has 0 saturated carbocycles. The number of hydrogen-bond acceptors (Lipinski definition) is 8. The second-order valence-electron chi connectivity index (χ2n) is 6.94. The van der Waals surface area contributed by atoms with Crippen LogP contribution < -0.4 is 16.2 Å². The number of rotatable bonds is 4. The minimum atomic E-state index is -4.04. The zero-order valence-electron chi connectivity index (χ0n) is 15.9. The Morgan fingerprint density at radius 2 is 2.17 bits per heavy atom. The molecule has 4 rings (SSSR count). The van der Waals surface area contributed by atoms with E-state index in [0.29, 0.717) is 36.6 Å². The van der Waals surface area contributed by atoms with Gasteiger partial charge in [0.15, 0.2) is 5.82 Å². The van der Waals surface area contributed by atoms with Gasteiger partial charge in [-0.3, -0.25) is 0 Å².